The molecule has 2 rings (SSSR count). The van der Waals surface area contributed by atoms with Crippen LogP contribution in [0.1, 0.15) is 18.2 Å². The summed E-state index contributed by atoms with van der Waals surface area (Å²) in [5.74, 6) is 0.857. The lowest BCUT2D eigenvalue weighted by Gasteiger charge is -2.23. The Balaban J connectivity index is 1.90. The number of aryl methyl sites for hydroxylation is 1. The first-order valence-corrected chi connectivity index (χ1v) is 7.33. The van der Waals surface area contributed by atoms with E-state index in [9.17, 15) is 13.6 Å². The van der Waals surface area contributed by atoms with Gasteiger partial charge in [0.1, 0.15) is 11.5 Å². The summed E-state index contributed by atoms with van der Waals surface area (Å²) in [7, 11) is 1.79. The number of nitrogens with one attached hydrogen (secondary N) is 1. The quantitative estimate of drug-likeness (QED) is 0.840. The Bertz CT molecular complexity index is 673. The molecule has 0 aliphatic carbocycles. The zero-order chi connectivity index (χ0) is 17.7. The molecule has 6 nitrogen and oxygen atoms in total. The molecule has 0 aliphatic rings. The highest BCUT2D eigenvalue weighted by Gasteiger charge is 2.19. The minimum atomic E-state index is -2.84. The summed E-state index contributed by atoms with van der Waals surface area (Å²) in [4.78, 5) is 14.0. The van der Waals surface area contributed by atoms with Crippen molar-refractivity contribution in [1.29, 1.82) is 0 Å². The number of hydrogen-bond donors (Lipinski definition) is 1. The number of amides is 1. The summed E-state index contributed by atoms with van der Waals surface area (Å²) in [5, 5.41) is 6.39. The number of halogens is 2. The molecule has 1 atom stereocenters. The summed E-state index contributed by atoms with van der Waals surface area (Å²) in [6, 6.07) is 7.52. The normalized spacial score (nSPS) is 12.5. The molecule has 1 N–H and O–H groups in total. The molecule has 1 aromatic carbocycles. The average Bonchev–Trinajstić information content (AvgIpc) is 2.93. The van der Waals surface area contributed by atoms with Crippen LogP contribution >= 0.6 is 0 Å². The Hall–Kier alpha value is -2.48. The molecule has 1 aromatic heterocycles. The Morgan fingerprint density at radius 1 is 1.38 bits per heavy atom. The number of benzene rings is 1. The Labute approximate surface area is 138 Å². The summed E-state index contributed by atoms with van der Waals surface area (Å²) in [6.45, 7) is 1.12. The van der Waals surface area contributed by atoms with Crippen LogP contribution < -0.4 is 10.1 Å². The fourth-order valence-electron chi connectivity index (χ4n) is 2.06. The van der Waals surface area contributed by atoms with Crippen LogP contribution in [0.3, 0.4) is 0 Å². The highest BCUT2D eigenvalue weighted by atomic mass is 19.3. The molecule has 24 heavy (non-hydrogen) atoms. The van der Waals surface area contributed by atoms with Gasteiger partial charge >= 0.3 is 6.61 Å². The van der Waals surface area contributed by atoms with Gasteiger partial charge in [0.05, 0.1) is 6.04 Å². The molecule has 1 heterocycles. The first-order chi connectivity index (χ1) is 11.3. The lowest BCUT2D eigenvalue weighted by molar-refractivity contribution is -0.120. The zero-order valence-electron chi connectivity index (χ0n) is 13.6. The van der Waals surface area contributed by atoms with E-state index in [1.807, 2.05) is 4.90 Å². The van der Waals surface area contributed by atoms with E-state index in [4.69, 9.17) is 4.52 Å². The van der Waals surface area contributed by atoms with Crippen molar-refractivity contribution < 1.29 is 22.8 Å². The molecular weight excluding hydrogens is 320 g/mol. The third kappa shape index (κ3) is 5.02. The number of rotatable bonds is 7. The number of anilines is 1. The van der Waals surface area contributed by atoms with E-state index in [1.165, 1.54) is 12.1 Å². The summed E-state index contributed by atoms with van der Waals surface area (Å²) < 4.78 is 33.4. The van der Waals surface area contributed by atoms with E-state index in [0.717, 1.165) is 5.56 Å². The van der Waals surface area contributed by atoms with Crippen LogP contribution in [-0.2, 0) is 11.3 Å². The topological polar surface area (TPSA) is 67.6 Å². The number of carbonyl (C=O) groups is 1. The molecule has 0 saturated heterocycles. The van der Waals surface area contributed by atoms with E-state index >= 15 is 0 Å². The second kappa shape index (κ2) is 7.87. The summed E-state index contributed by atoms with van der Waals surface area (Å²) in [5.41, 5.74) is 0.871. The third-order valence-corrected chi connectivity index (χ3v) is 3.50. The van der Waals surface area contributed by atoms with E-state index in [1.54, 1.807) is 39.1 Å². The molecular formula is C16H19F2N3O3. The molecule has 0 spiro atoms. The lowest BCUT2D eigenvalue weighted by Crippen LogP contribution is -2.39. The van der Waals surface area contributed by atoms with Crippen LogP contribution in [0.4, 0.5) is 14.6 Å². The zero-order valence-corrected chi connectivity index (χ0v) is 13.6. The number of likely N-dealkylation sites (N-methyl/N-ethyl adjacent to an activating group) is 1. The van der Waals surface area contributed by atoms with Gasteiger partial charge in [-0.05, 0) is 38.6 Å². The van der Waals surface area contributed by atoms with E-state index in [2.05, 4.69) is 15.2 Å². The smallest absolute Gasteiger partial charge is 0.387 e. The minimum absolute atomic E-state index is 0.101. The largest absolute Gasteiger partial charge is 0.435 e. The number of nitrogens with zero attached hydrogens (tertiary/aromatic N) is 2. The fourth-order valence-corrected chi connectivity index (χ4v) is 2.06. The molecule has 2 aromatic rings. The van der Waals surface area contributed by atoms with E-state index in [-0.39, 0.29) is 11.7 Å². The van der Waals surface area contributed by atoms with Gasteiger partial charge in [-0.25, -0.2) is 0 Å². The Kier molecular flexibility index (Phi) is 5.86. The van der Waals surface area contributed by atoms with Crippen molar-refractivity contribution in [1.82, 2.24) is 10.1 Å². The first kappa shape index (κ1) is 17.9. The van der Waals surface area contributed by atoms with Crippen molar-refractivity contribution in [3.63, 3.8) is 0 Å². The van der Waals surface area contributed by atoms with Crippen molar-refractivity contribution >= 4 is 11.7 Å². The summed E-state index contributed by atoms with van der Waals surface area (Å²) >= 11 is 0. The van der Waals surface area contributed by atoms with Gasteiger partial charge in [-0.3, -0.25) is 9.69 Å². The first-order valence-electron chi connectivity index (χ1n) is 7.33. The Morgan fingerprint density at radius 2 is 2.04 bits per heavy atom. The van der Waals surface area contributed by atoms with E-state index in [0.29, 0.717) is 18.1 Å². The number of aromatic nitrogens is 1. The Morgan fingerprint density at radius 3 is 2.58 bits per heavy atom. The van der Waals surface area contributed by atoms with Crippen LogP contribution in [0, 0.1) is 6.92 Å². The maximum absolute atomic E-state index is 12.2. The maximum atomic E-state index is 12.2. The van der Waals surface area contributed by atoms with E-state index < -0.39 is 12.7 Å². The number of ether oxygens (including phenoxy) is 1. The molecule has 0 aliphatic heterocycles. The molecule has 1 amide bonds. The predicted molar refractivity (Wildman–Crippen MR) is 83.9 cm³/mol. The van der Waals surface area contributed by atoms with Gasteiger partial charge < -0.3 is 14.6 Å². The predicted octanol–water partition coefficient (Wildman–Crippen LogP) is 3.04. The van der Waals surface area contributed by atoms with Gasteiger partial charge in [-0.1, -0.05) is 17.3 Å². The van der Waals surface area contributed by atoms with Crippen molar-refractivity contribution in [3.8, 4) is 5.75 Å². The number of alkyl halides is 2. The molecule has 0 fully saturated rings. The van der Waals surface area contributed by atoms with Crippen LogP contribution in [0.15, 0.2) is 34.9 Å². The molecule has 130 valence electrons. The fraction of sp³-hybridized carbons (Fsp3) is 0.375. The molecule has 8 heteroatoms. The summed E-state index contributed by atoms with van der Waals surface area (Å²) in [6.07, 6.45) is 0. The maximum Gasteiger partial charge on any atom is 0.387 e. The van der Waals surface area contributed by atoms with Crippen LogP contribution in [0.2, 0.25) is 0 Å². The second-order valence-electron chi connectivity index (χ2n) is 5.43. The van der Waals surface area contributed by atoms with Crippen molar-refractivity contribution in [3.05, 3.63) is 41.7 Å². The van der Waals surface area contributed by atoms with Crippen molar-refractivity contribution in [2.75, 3.05) is 12.4 Å². The average molecular weight is 339 g/mol. The second-order valence-corrected chi connectivity index (χ2v) is 5.43. The third-order valence-electron chi connectivity index (χ3n) is 3.50. The molecule has 1 unspecified atom stereocenters. The minimum Gasteiger partial charge on any atom is -0.435 e. The standard InChI is InChI=1S/C16H19F2N3O3/c1-10-8-14(20-24-10)19-15(22)11(2)21(3)9-12-4-6-13(7-5-12)23-16(17)18/h4-8,11,16H,9H2,1-3H3,(H,19,20,22). The van der Waals surface area contributed by atoms with Crippen molar-refractivity contribution in [2.45, 2.75) is 33.0 Å². The highest BCUT2D eigenvalue weighted by Crippen LogP contribution is 2.16. The number of hydrogen-bond acceptors (Lipinski definition) is 5. The highest BCUT2D eigenvalue weighted by molar-refractivity contribution is 5.93. The van der Waals surface area contributed by atoms with Crippen LogP contribution in [0.25, 0.3) is 0 Å². The SMILES string of the molecule is Cc1cc(NC(=O)C(C)N(C)Cc2ccc(OC(F)F)cc2)no1. The van der Waals surface area contributed by atoms with Crippen LogP contribution in [-0.4, -0.2) is 35.7 Å². The van der Waals surface area contributed by atoms with Gasteiger partial charge in [0.25, 0.3) is 0 Å². The van der Waals surface area contributed by atoms with Gasteiger partial charge in [0.2, 0.25) is 5.91 Å². The van der Waals surface area contributed by atoms with Gasteiger partial charge in [0.15, 0.2) is 5.82 Å². The van der Waals surface area contributed by atoms with Crippen molar-refractivity contribution in [2.24, 2.45) is 0 Å². The molecule has 0 saturated carbocycles. The monoisotopic (exact) mass is 339 g/mol. The van der Waals surface area contributed by atoms with Gasteiger partial charge in [-0.15, -0.1) is 0 Å². The molecule has 0 radical (unpaired) electrons. The van der Waals surface area contributed by atoms with Gasteiger partial charge in [0, 0.05) is 12.6 Å². The number of carbonyl (C=O) groups excluding carboxylic acids is 1. The van der Waals surface area contributed by atoms with Gasteiger partial charge in [-0.2, -0.15) is 8.78 Å². The lowest BCUT2D eigenvalue weighted by atomic mass is 10.2. The molecule has 0 bridgehead atoms. The van der Waals surface area contributed by atoms with Crippen LogP contribution in [0.5, 0.6) is 5.75 Å².